The van der Waals surface area contributed by atoms with Gasteiger partial charge in [-0.25, -0.2) is 5.01 Å². The Morgan fingerprint density at radius 3 is 2.21 bits per heavy atom. The number of aryl methyl sites for hydroxylation is 1. The highest BCUT2D eigenvalue weighted by Gasteiger charge is 2.33. The number of aromatic nitrogens is 1. The molecule has 4 nitrogen and oxygen atoms in total. The quantitative estimate of drug-likeness (QED) is 0.315. The van der Waals surface area contributed by atoms with Gasteiger partial charge >= 0.3 is 0 Å². The van der Waals surface area contributed by atoms with Gasteiger partial charge in [0.1, 0.15) is 0 Å². The van der Waals surface area contributed by atoms with Crippen LogP contribution in [0.1, 0.15) is 36.2 Å². The van der Waals surface area contributed by atoms with Gasteiger partial charge in [0.2, 0.25) is 5.91 Å². The number of halogens is 2. The number of nitrogens with zero attached hydrogens (tertiary/aromatic N) is 3. The minimum atomic E-state index is -0.196. The summed E-state index contributed by atoms with van der Waals surface area (Å²) in [7, 11) is 0. The maximum Gasteiger partial charge on any atom is 0.240 e. The summed E-state index contributed by atoms with van der Waals surface area (Å²) in [5.41, 5.74) is 6.66. The van der Waals surface area contributed by atoms with Gasteiger partial charge in [-0.2, -0.15) is 5.10 Å². The molecule has 1 amide bonds. The highest BCUT2D eigenvalue weighted by Crippen LogP contribution is 2.39. The van der Waals surface area contributed by atoms with Crippen molar-refractivity contribution in [3.05, 3.63) is 99.7 Å². The van der Waals surface area contributed by atoms with Crippen molar-refractivity contribution in [1.82, 2.24) is 9.99 Å². The minimum Gasteiger partial charge on any atom is -0.273 e. The zero-order chi connectivity index (χ0) is 23.1. The fourth-order valence-electron chi connectivity index (χ4n) is 4.50. The van der Waals surface area contributed by atoms with Gasteiger partial charge in [0, 0.05) is 45.6 Å². The molecule has 6 heteroatoms. The number of carbonyl (C=O) groups is 1. The van der Waals surface area contributed by atoms with Crippen LogP contribution in [0, 0.1) is 6.92 Å². The second-order valence-corrected chi connectivity index (χ2v) is 9.03. The number of hydrogen-bond acceptors (Lipinski definition) is 3. The molecule has 0 saturated heterocycles. The third-order valence-corrected chi connectivity index (χ3v) is 6.49. The molecular weight excluding hydrogens is 453 g/mol. The lowest BCUT2D eigenvalue weighted by Gasteiger charge is -2.20. The molecular formula is C27H21Cl2N3O. The van der Waals surface area contributed by atoms with Crippen LogP contribution < -0.4 is 0 Å². The average Bonchev–Trinajstić information content (AvgIpc) is 3.24. The molecule has 0 fully saturated rings. The van der Waals surface area contributed by atoms with E-state index in [1.807, 2.05) is 73.7 Å². The Hall–Kier alpha value is -3.21. The maximum atomic E-state index is 12.5. The second-order valence-electron chi connectivity index (χ2n) is 8.15. The van der Waals surface area contributed by atoms with E-state index in [2.05, 4.69) is 6.07 Å². The molecule has 33 heavy (non-hydrogen) atoms. The number of rotatable bonds is 3. The summed E-state index contributed by atoms with van der Waals surface area (Å²) >= 11 is 12.3. The van der Waals surface area contributed by atoms with Crippen molar-refractivity contribution >= 4 is 45.7 Å². The summed E-state index contributed by atoms with van der Waals surface area (Å²) in [5.74, 6) is -0.107. The van der Waals surface area contributed by atoms with E-state index in [0.29, 0.717) is 16.5 Å². The largest absolute Gasteiger partial charge is 0.273 e. The van der Waals surface area contributed by atoms with E-state index in [9.17, 15) is 4.79 Å². The molecule has 164 valence electrons. The molecule has 4 aromatic rings. The van der Waals surface area contributed by atoms with Crippen LogP contribution >= 0.6 is 23.2 Å². The minimum absolute atomic E-state index is 0.107. The van der Waals surface area contributed by atoms with Gasteiger partial charge in [-0.05, 0) is 48.4 Å². The molecule has 0 spiro atoms. The molecule has 0 saturated carbocycles. The fraction of sp³-hybridized carbons (Fsp3) is 0.148. The van der Waals surface area contributed by atoms with Gasteiger partial charge in [-0.15, -0.1) is 0 Å². The third kappa shape index (κ3) is 4.01. The van der Waals surface area contributed by atoms with E-state index in [1.165, 1.54) is 0 Å². The van der Waals surface area contributed by atoms with Gasteiger partial charge < -0.3 is 0 Å². The van der Waals surface area contributed by atoms with E-state index in [4.69, 9.17) is 33.3 Å². The monoisotopic (exact) mass is 473 g/mol. The SMILES string of the molecule is CC(=O)N1N=C(c2c(C)nc3ccccc3c2-c2ccc(Cl)cc2)CC1c1ccc(Cl)cc1. The Kier molecular flexibility index (Phi) is 5.65. The zero-order valence-corrected chi connectivity index (χ0v) is 19.7. The first-order chi connectivity index (χ1) is 15.9. The predicted molar refractivity (Wildman–Crippen MR) is 135 cm³/mol. The van der Waals surface area contributed by atoms with E-state index in [1.54, 1.807) is 11.9 Å². The first-order valence-corrected chi connectivity index (χ1v) is 11.5. The van der Waals surface area contributed by atoms with Crippen molar-refractivity contribution in [1.29, 1.82) is 0 Å². The van der Waals surface area contributed by atoms with E-state index < -0.39 is 0 Å². The van der Waals surface area contributed by atoms with Gasteiger partial charge in [-0.1, -0.05) is 65.7 Å². The molecule has 3 aromatic carbocycles. The Bertz CT molecular complexity index is 1400. The van der Waals surface area contributed by atoms with E-state index in [0.717, 1.165) is 44.6 Å². The molecule has 0 bridgehead atoms. The first-order valence-electron chi connectivity index (χ1n) is 10.7. The normalized spacial score (nSPS) is 15.7. The van der Waals surface area contributed by atoms with Crippen molar-refractivity contribution in [3.8, 4) is 11.1 Å². The summed E-state index contributed by atoms with van der Waals surface area (Å²) in [6, 6.07) is 23.3. The topological polar surface area (TPSA) is 45.6 Å². The summed E-state index contributed by atoms with van der Waals surface area (Å²) in [6.07, 6.45) is 0.586. The van der Waals surface area contributed by atoms with Gasteiger partial charge in [0.25, 0.3) is 0 Å². The van der Waals surface area contributed by atoms with Crippen molar-refractivity contribution in [2.45, 2.75) is 26.3 Å². The molecule has 0 radical (unpaired) electrons. The predicted octanol–water partition coefficient (Wildman–Crippen LogP) is 7.21. The smallest absolute Gasteiger partial charge is 0.240 e. The van der Waals surface area contributed by atoms with Crippen molar-refractivity contribution in [2.24, 2.45) is 5.10 Å². The van der Waals surface area contributed by atoms with Gasteiger partial charge in [0.15, 0.2) is 0 Å². The van der Waals surface area contributed by atoms with Crippen LogP contribution in [0.4, 0.5) is 0 Å². The van der Waals surface area contributed by atoms with Crippen LogP contribution in [0.5, 0.6) is 0 Å². The van der Waals surface area contributed by atoms with Crippen molar-refractivity contribution < 1.29 is 4.79 Å². The van der Waals surface area contributed by atoms with Gasteiger partial charge in [0.05, 0.1) is 17.3 Å². The summed E-state index contributed by atoms with van der Waals surface area (Å²) in [5, 5.41) is 8.75. The first kappa shape index (κ1) is 21.6. The number of hydrogen-bond donors (Lipinski definition) is 0. The number of carbonyl (C=O) groups excluding carboxylic acids is 1. The fourth-order valence-corrected chi connectivity index (χ4v) is 4.75. The highest BCUT2D eigenvalue weighted by atomic mass is 35.5. The number of benzene rings is 3. The average molecular weight is 474 g/mol. The molecule has 1 aromatic heterocycles. The molecule has 1 aliphatic rings. The number of hydrazone groups is 1. The van der Waals surface area contributed by atoms with E-state index >= 15 is 0 Å². The Balaban J connectivity index is 1.71. The van der Waals surface area contributed by atoms with Gasteiger partial charge in [-0.3, -0.25) is 9.78 Å². The molecule has 5 rings (SSSR count). The molecule has 2 heterocycles. The third-order valence-electron chi connectivity index (χ3n) is 5.98. The number of amides is 1. The lowest BCUT2D eigenvalue weighted by atomic mass is 9.89. The number of pyridine rings is 1. The molecule has 1 atom stereocenters. The standard InChI is InChI=1S/C27H21Cl2N3O/c1-16-26(24-15-25(32(31-24)17(2)33)18-7-11-20(28)12-8-18)27(19-9-13-21(29)14-10-19)22-5-3-4-6-23(22)30-16/h3-14,25H,15H2,1-2H3. The van der Waals surface area contributed by atoms with Crippen LogP contribution in [-0.4, -0.2) is 21.6 Å². The number of para-hydroxylation sites is 1. The van der Waals surface area contributed by atoms with E-state index in [-0.39, 0.29) is 11.9 Å². The lowest BCUT2D eigenvalue weighted by molar-refractivity contribution is -0.130. The number of fused-ring (bicyclic) bond motifs is 1. The van der Waals surface area contributed by atoms with Crippen LogP contribution in [-0.2, 0) is 4.79 Å². The zero-order valence-electron chi connectivity index (χ0n) is 18.2. The molecule has 0 N–H and O–H groups in total. The summed E-state index contributed by atoms with van der Waals surface area (Å²) in [4.78, 5) is 17.4. The lowest BCUT2D eigenvalue weighted by Crippen LogP contribution is -2.24. The second kappa shape index (κ2) is 8.62. The van der Waals surface area contributed by atoms with Crippen LogP contribution in [0.3, 0.4) is 0 Å². The molecule has 0 aliphatic carbocycles. The van der Waals surface area contributed by atoms with Crippen molar-refractivity contribution in [2.75, 3.05) is 0 Å². The summed E-state index contributed by atoms with van der Waals surface area (Å²) in [6.45, 7) is 3.54. The molecule has 1 unspecified atom stereocenters. The molecule has 1 aliphatic heterocycles. The van der Waals surface area contributed by atoms with Crippen molar-refractivity contribution in [3.63, 3.8) is 0 Å². The maximum absolute atomic E-state index is 12.5. The van der Waals surface area contributed by atoms with Crippen LogP contribution in [0.25, 0.3) is 22.0 Å². The Morgan fingerprint density at radius 2 is 1.55 bits per heavy atom. The summed E-state index contributed by atoms with van der Waals surface area (Å²) < 4.78 is 0. The highest BCUT2D eigenvalue weighted by molar-refractivity contribution is 6.31. The Morgan fingerprint density at radius 1 is 0.909 bits per heavy atom. The Labute approximate surface area is 202 Å². The van der Waals surface area contributed by atoms with Crippen LogP contribution in [0.15, 0.2) is 77.9 Å². The van der Waals surface area contributed by atoms with Crippen LogP contribution in [0.2, 0.25) is 10.0 Å².